The van der Waals surface area contributed by atoms with Crippen LogP contribution in [-0.2, 0) is 0 Å². The average molecular weight is 660 g/mol. The predicted octanol–water partition coefficient (Wildman–Crippen LogP) is 12.2. The molecule has 1 aliphatic rings. The van der Waals surface area contributed by atoms with Gasteiger partial charge in [0, 0.05) is 54.3 Å². The van der Waals surface area contributed by atoms with Crippen LogP contribution in [0.1, 0.15) is 17.4 Å². The third-order valence-corrected chi connectivity index (χ3v) is 11.6. The van der Waals surface area contributed by atoms with Crippen LogP contribution < -0.4 is 4.90 Å². The summed E-state index contributed by atoms with van der Waals surface area (Å²) in [4.78, 5) is 7.97. The number of hydrogen-bond acceptors (Lipinski definition) is 4. The van der Waals surface area contributed by atoms with Gasteiger partial charge in [-0.25, -0.2) is 4.99 Å². The predicted molar refractivity (Wildman–Crippen MR) is 211 cm³/mol. The lowest BCUT2D eigenvalue weighted by atomic mass is 9.95. The molecule has 1 unspecified atom stereocenters. The number of nitrogens with zero attached hydrogens (tertiary/aromatic N) is 3. The summed E-state index contributed by atoms with van der Waals surface area (Å²) in [5.74, 6) is 0.824. The molecule has 4 nitrogen and oxygen atoms in total. The average Bonchev–Trinajstić information content (AvgIpc) is 3.86. The Kier molecular flexibility index (Phi) is 5.78. The first-order chi connectivity index (χ1) is 24.7. The molecule has 0 amide bonds. The smallest absolute Gasteiger partial charge is 0.209 e. The third kappa shape index (κ3) is 3.78. The summed E-state index contributed by atoms with van der Waals surface area (Å²) in [7, 11) is 2.12. The topological polar surface area (TPSA) is 33.7 Å². The van der Waals surface area contributed by atoms with E-state index in [9.17, 15) is 0 Å². The third-order valence-electron chi connectivity index (χ3n) is 10.4. The second-order valence-corrected chi connectivity index (χ2v) is 14.2. The monoisotopic (exact) mass is 659 g/mol. The van der Waals surface area contributed by atoms with Crippen molar-refractivity contribution < 1.29 is 4.42 Å². The first kappa shape index (κ1) is 27.7. The van der Waals surface area contributed by atoms with Gasteiger partial charge in [-0.1, -0.05) is 127 Å². The Morgan fingerprint density at radius 1 is 0.580 bits per heavy atom. The molecule has 1 atom stereocenters. The normalized spacial score (nSPS) is 14.8. The van der Waals surface area contributed by atoms with Gasteiger partial charge in [0.05, 0.1) is 22.3 Å². The van der Waals surface area contributed by atoms with Gasteiger partial charge in [0.2, 0.25) is 12.2 Å². The van der Waals surface area contributed by atoms with Crippen LogP contribution in [0.15, 0.2) is 161 Å². The molecule has 0 bridgehead atoms. The molecule has 0 N–H and O–H groups in total. The molecule has 0 radical (unpaired) electrons. The number of fused-ring (bicyclic) bond motifs is 13. The maximum atomic E-state index is 6.75. The standard InChI is InChI=1S/C45H29N3OS/c1-47-44-39(33-21-8-11-24-36(33)49-44)41(29-17-13-16-28(26-29)27-14-3-2-4-15-27)46-45(47)48-35-23-10-7-20-32(35)40-42(48)31-19-6-5-18-30(31)38-34-22-9-12-25-37(34)50-43(38)40/h2-26,45H,1H3. The van der Waals surface area contributed by atoms with Gasteiger partial charge >= 0.3 is 0 Å². The molecule has 0 saturated carbocycles. The number of rotatable bonds is 3. The van der Waals surface area contributed by atoms with Crippen molar-refractivity contribution in [2.24, 2.45) is 4.99 Å². The Labute approximate surface area is 291 Å². The summed E-state index contributed by atoms with van der Waals surface area (Å²) >= 11 is 1.89. The molecule has 236 valence electrons. The van der Waals surface area contributed by atoms with E-state index in [2.05, 4.69) is 162 Å². The van der Waals surface area contributed by atoms with Crippen LogP contribution in [0.25, 0.3) is 74.8 Å². The SMILES string of the molecule is CN1c2oc3ccccc3c2C(c2cccc(-c3ccccc3)c2)=NC1n1c2ccccc2c2c3sc4ccccc4c3c3ccccc3c21. The van der Waals surface area contributed by atoms with E-state index in [4.69, 9.17) is 9.41 Å². The number of furan rings is 1. The van der Waals surface area contributed by atoms with Crippen LogP contribution in [0.3, 0.4) is 0 Å². The van der Waals surface area contributed by atoms with Gasteiger partial charge < -0.3 is 9.32 Å². The molecule has 4 heterocycles. The highest BCUT2D eigenvalue weighted by Gasteiger charge is 2.35. The van der Waals surface area contributed by atoms with Crippen LogP contribution in [0, 0.1) is 0 Å². The lowest BCUT2D eigenvalue weighted by Crippen LogP contribution is -2.33. The minimum atomic E-state index is -0.406. The Morgan fingerprint density at radius 3 is 2.10 bits per heavy atom. The first-order valence-electron chi connectivity index (χ1n) is 17.0. The summed E-state index contributed by atoms with van der Waals surface area (Å²) in [5.41, 5.74) is 8.56. The minimum Gasteiger partial charge on any atom is -0.440 e. The quantitative estimate of drug-likeness (QED) is 0.189. The molecule has 11 rings (SSSR count). The number of anilines is 1. The van der Waals surface area contributed by atoms with E-state index in [-0.39, 0.29) is 0 Å². The molecule has 0 spiro atoms. The Hall–Kier alpha value is -6.17. The van der Waals surface area contributed by atoms with Crippen LogP contribution in [0.2, 0.25) is 0 Å². The van der Waals surface area contributed by atoms with Crippen molar-refractivity contribution in [3.05, 3.63) is 163 Å². The van der Waals surface area contributed by atoms with Crippen LogP contribution in [-0.4, -0.2) is 17.3 Å². The molecule has 7 aromatic carbocycles. The molecule has 5 heteroatoms. The minimum absolute atomic E-state index is 0.406. The second kappa shape index (κ2) is 10.4. The lowest BCUT2D eigenvalue weighted by molar-refractivity contribution is 0.488. The summed E-state index contributed by atoms with van der Waals surface area (Å²) < 4.78 is 11.8. The van der Waals surface area contributed by atoms with Crippen molar-refractivity contribution in [2.45, 2.75) is 6.29 Å². The fourth-order valence-electron chi connectivity index (χ4n) is 8.20. The van der Waals surface area contributed by atoms with Crippen molar-refractivity contribution in [3.8, 4) is 11.1 Å². The fraction of sp³-hybridized carbons (Fsp3) is 0.0444. The van der Waals surface area contributed by atoms with Crippen LogP contribution >= 0.6 is 11.3 Å². The van der Waals surface area contributed by atoms with Crippen molar-refractivity contribution in [3.63, 3.8) is 0 Å². The Morgan fingerprint density at radius 2 is 1.24 bits per heavy atom. The van der Waals surface area contributed by atoms with Crippen molar-refractivity contribution in [1.82, 2.24) is 4.57 Å². The zero-order chi connectivity index (χ0) is 32.9. The highest BCUT2D eigenvalue weighted by molar-refractivity contribution is 7.27. The summed E-state index contributed by atoms with van der Waals surface area (Å²) in [6, 6.07) is 54.2. The van der Waals surface area contributed by atoms with Crippen LogP contribution in [0.5, 0.6) is 0 Å². The van der Waals surface area contributed by atoms with Gasteiger partial charge in [-0.05, 0) is 40.8 Å². The zero-order valence-corrected chi connectivity index (χ0v) is 28.0. The van der Waals surface area contributed by atoms with E-state index in [1.165, 1.54) is 52.8 Å². The number of hydrogen-bond donors (Lipinski definition) is 0. The van der Waals surface area contributed by atoms with E-state index in [1.54, 1.807) is 0 Å². The highest BCUT2D eigenvalue weighted by Crippen LogP contribution is 2.50. The van der Waals surface area contributed by atoms with E-state index in [1.807, 2.05) is 17.4 Å². The van der Waals surface area contributed by atoms with Gasteiger partial charge in [-0.3, -0.25) is 4.57 Å². The largest absolute Gasteiger partial charge is 0.440 e. The number of aliphatic imine (C=N–C) groups is 1. The van der Waals surface area contributed by atoms with Crippen molar-refractivity contribution in [1.29, 1.82) is 0 Å². The molecule has 10 aromatic rings. The number of thiophene rings is 1. The molecular weight excluding hydrogens is 631 g/mol. The Bertz CT molecular complexity index is 3020. The molecule has 0 saturated heterocycles. The molecule has 0 aliphatic carbocycles. The molecule has 50 heavy (non-hydrogen) atoms. The molecular formula is C45H29N3OS. The van der Waals surface area contributed by atoms with Crippen molar-refractivity contribution >= 4 is 86.7 Å². The van der Waals surface area contributed by atoms with Gasteiger partial charge in [0.25, 0.3) is 0 Å². The molecule has 0 fully saturated rings. The van der Waals surface area contributed by atoms with Crippen LogP contribution in [0.4, 0.5) is 5.88 Å². The summed E-state index contributed by atoms with van der Waals surface area (Å²) in [6.45, 7) is 0. The fourth-order valence-corrected chi connectivity index (χ4v) is 9.48. The highest BCUT2D eigenvalue weighted by atomic mass is 32.1. The number of benzene rings is 7. The van der Waals surface area contributed by atoms with Crippen molar-refractivity contribution in [2.75, 3.05) is 11.9 Å². The summed E-state index contributed by atoms with van der Waals surface area (Å²) in [5, 5.41) is 8.70. The maximum Gasteiger partial charge on any atom is 0.209 e. The van der Waals surface area contributed by atoms with Gasteiger partial charge in [0.1, 0.15) is 5.58 Å². The molecule has 1 aliphatic heterocycles. The zero-order valence-electron chi connectivity index (χ0n) is 27.2. The van der Waals surface area contributed by atoms with Gasteiger partial charge in [-0.2, -0.15) is 0 Å². The van der Waals surface area contributed by atoms with Gasteiger partial charge in [-0.15, -0.1) is 11.3 Å². The van der Waals surface area contributed by atoms with E-state index >= 15 is 0 Å². The second-order valence-electron chi connectivity index (χ2n) is 13.1. The summed E-state index contributed by atoms with van der Waals surface area (Å²) in [6.07, 6.45) is -0.406. The lowest BCUT2D eigenvalue weighted by Gasteiger charge is -2.33. The maximum absolute atomic E-state index is 6.75. The molecule has 3 aromatic heterocycles. The Balaban J connectivity index is 1.26. The van der Waals surface area contributed by atoms with E-state index in [0.717, 1.165) is 44.8 Å². The van der Waals surface area contributed by atoms with E-state index in [0.29, 0.717) is 0 Å². The van der Waals surface area contributed by atoms with Gasteiger partial charge in [0.15, 0.2) is 0 Å². The first-order valence-corrected chi connectivity index (χ1v) is 17.8. The number of para-hydroxylation sites is 2. The van der Waals surface area contributed by atoms with E-state index < -0.39 is 6.29 Å². The number of aromatic nitrogens is 1.